The first-order valence-electron chi connectivity index (χ1n) is 6.33. The maximum absolute atomic E-state index is 12.0. The van der Waals surface area contributed by atoms with E-state index < -0.39 is 0 Å². The van der Waals surface area contributed by atoms with Crippen LogP contribution in [0.2, 0.25) is 0 Å². The van der Waals surface area contributed by atoms with Crippen molar-refractivity contribution < 1.29 is 4.79 Å². The molecule has 2 rings (SSSR count). The van der Waals surface area contributed by atoms with Crippen molar-refractivity contribution in [2.45, 2.75) is 0 Å². The zero-order chi connectivity index (χ0) is 15.1. The van der Waals surface area contributed by atoms with Crippen LogP contribution in [0.1, 0.15) is 21.5 Å². The quantitative estimate of drug-likeness (QED) is 0.824. The highest BCUT2D eigenvalue weighted by Gasteiger charge is 2.05. The van der Waals surface area contributed by atoms with Crippen molar-refractivity contribution in [1.82, 2.24) is 0 Å². The first-order chi connectivity index (χ1) is 10.2. The Morgan fingerprint density at radius 1 is 1.05 bits per heavy atom. The van der Waals surface area contributed by atoms with E-state index in [1.54, 1.807) is 36.4 Å². The van der Waals surface area contributed by atoms with Gasteiger partial charge in [-0.15, -0.1) is 0 Å². The molecule has 1 amide bonds. The van der Waals surface area contributed by atoms with Gasteiger partial charge in [0, 0.05) is 16.8 Å². The summed E-state index contributed by atoms with van der Waals surface area (Å²) in [5, 5.41) is 11.5. The molecule has 0 spiro atoms. The zero-order valence-electron chi connectivity index (χ0n) is 11.3. The van der Waals surface area contributed by atoms with Crippen LogP contribution >= 0.6 is 0 Å². The second-order valence-electron chi connectivity index (χ2n) is 4.23. The van der Waals surface area contributed by atoms with Gasteiger partial charge >= 0.3 is 0 Å². The fraction of sp³-hybridized carbons (Fsp3) is 0.0588. The Morgan fingerprint density at radius 2 is 1.67 bits per heavy atom. The molecule has 0 heterocycles. The molecular weight excluding hydrogens is 262 g/mol. The largest absolute Gasteiger partial charge is 0.322 e. The summed E-state index contributed by atoms with van der Waals surface area (Å²) in [6.07, 6.45) is 0. The third-order valence-corrected chi connectivity index (χ3v) is 2.75. The summed E-state index contributed by atoms with van der Waals surface area (Å²) in [4.78, 5) is 12.0. The van der Waals surface area contributed by atoms with Gasteiger partial charge in [0.2, 0.25) is 0 Å². The highest BCUT2D eigenvalue weighted by atomic mass is 16.1. The first kappa shape index (κ1) is 14.3. The minimum Gasteiger partial charge on any atom is -0.322 e. The highest BCUT2D eigenvalue weighted by Crippen LogP contribution is 2.11. The number of nitrogens with two attached hydrogens (primary N) is 1. The molecule has 0 saturated heterocycles. The number of anilines is 1. The van der Waals surface area contributed by atoms with Crippen LogP contribution in [-0.2, 0) is 0 Å². The zero-order valence-corrected chi connectivity index (χ0v) is 11.3. The molecule has 2 aromatic rings. The Labute approximate surface area is 123 Å². The minimum atomic E-state index is -0.222. The van der Waals surface area contributed by atoms with Gasteiger partial charge in [-0.1, -0.05) is 11.8 Å². The van der Waals surface area contributed by atoms with E-state index in [4.69, 9.17) is 11.0 Å². The number of nitriles is 1. The summed E-state index contributed by atoms with van der Waals surface area (Å²) in [7, 11) is 0. The van der Waals surface area contributed by atoms with Crippen LogP contribution in [0.3, 0.4) is 0 Å². The molecule has 2 aromatic carbocycles. The number of rotatable bonds is 2. The molecule has 21 heavy (non-hydrogen) atoms. The molecule has 3 N–H and O–H groups in total. The molecule has 4 heteroatoms. The molecule has 0 aliphatic rings. The normalized spacial score (nSPS) is 9.14. The van der Waals surface area contributed by atoms with Crippen molar-refractivity contribution in [1.29, 1.82) is 5.26 Å². The molecule has 0 fully saturated rings. The van der Waals surface area contributed by atoms with Gasteiger partial charge in [-0.05, 0) is 48.5 Å². The van der Waals surface area contributed by atoms with E-state index in [1.807, 2.05) is 18.2 Å². The van der Waals surface area contributed by atoms with Crippen LogP contribution in [0.15, 0.2) is 48.5 Å². The fourth-order valence-corrected chi connectivity index (χ4v) is 1.69. The van der Waals surface area contributed by atoms with Crippen LogP contribution in [-0.4, -0.2) is 12.5 Å². The van der Waals surface area contributed by atoms with Crippen molar-refractivity contribution in [2.75, 3.05) is 11.9 Å². The lowest BCUT2D eigenvalue weighted by Crippen LogP contribution is -2.11. The van der Waals surface area contributed by atoms with Crippen LogP contribution in [0, 0.1) is 23.2 Å². The van der Waals surface area contributed by atoms with E-state index in [9.17, 15) is 4.79 Å². The summed E-state index contributed by atoms with van der Waals surface area (Å²) < 4.78 is 0. The molecule has 0 aromatic heterocycles. The Morgan fingerprint density at radius 3 is 2.24 bits per heavy atom. The van der Waals surface area contributed by atoms with Crippen molar-refractivity contribution in [3.05, 3.63) is 65.2 Å². The lowest BCUT2D eigenvalue weighted by atomic mass is 10.1. The Kier molecular flexibility index (Phi) is 4.71. The number of amides is 1. The Bertz CT molecular complexity index is 729. The predicted molar refractivity (Wildman–Crippen MR) is 81.5 cm³/mol. The van der Waals surface area contributed by atoms with Crippen molar-refractivity contribution >= 4 is 11.6 Å². The number of hydrogen-bond donors (Lipinski definition) is 2. The number of nitrogens with zero attached hydrogens (tertiary/aromatic N) is 1. The van der Waals surface area contributed by atoms with Gasteiger partial charge in [0.15, 0.2) is 0 Å². The second kappa shape index (κ2) is 6.91. The summed E-state index contributed by atoms with van der Waals surface area (Å²) in [6, 6.07) is 15.7. The Hall–Kier alpha value is -3.08. The third-order valence-electron chi connectivity index (χ3n) is 2.75. The van der Waals surface area contributed by atoms with Gasteiger partial charge < -0.3 is 11.1 Å². The molecule has 0 unspecified atom stereocenters. The monoisotopic (exact) mass is 275 g/mol. The number of hydrogen-bond acceptors (Lipinski definition) is 3. The maximum atomic E-state index is 12.0. The van der Waals surface area contributed by atoms with Crippen molar-refractivity contribution in [2.24, 2.45) is 5.73 Å². The standard InChI is InChI=1S/C17H13N3O/c18-11-1-2-13-5-9-16(10-6-13)20-17(21)15-7-3-14(12-19)4-8-15/h3-10H,11,18H2,(H,20,21). The SMILES string of the molecule is N#Cc1ccc(C(=O)Nc2ccc(C#CCN)cc2)cc1. The summed E-state index contributed by atoms with van der Waals surface area (Å²) in [6.45, 7) is 0.317. The fourth-order valence-electron chi connectivity index (χ4n) is 1.69. The van der Waals surface area contributed by atoms with E-state index in [-0.39, 0.29) is 5.91 Å². The van der Waals surface area contributed by atoms with E-state index in [1.165, 1.54) is 0 Å². The molecular formula is C17H13N3O. The molecule has 102 valence electrons. The summed E-state index contributed by atoms with van der Waals surface area (Å²) in [5.41, 5.74) is 7.86. The average molecular weight is 275 g/mol. The minimum absolute atomic E-state index is 0.222. The highest BCUT2D eigenvalue weighted by molar-refractivity contribution is 6.04. The van der Waals surface area contributed by atoms with E-state index in [0.717, 1.165) is 5.56 Å². The van der Waals surface area contributed by atoms with Crippen LogP contribution in [0.5, 0.6) is 0 Å². The van der Waals surface area contributed by atoms with Gasteiger partial charge in [0.25, 0.3) is 5.91 Å². The van der Waals surface area contributed by atoms with Crippen LogP contribution in [0.25, 0.3) is 0 Å². The first-order valence-corrected chi connectivity index (χ1v) is 6.33. The van der Waals surface area contributed by atoms with Gasteiger partial charge in [-0.2, -0.15) is 5.26 Å². The van der Waals surface area contributed by atoms with Gasteiger partial charge in [0.05, 0.1) is 18.2 Å². The lowest BCUT2D eigenvalue weighted by molar-refractivity contribution is 0.102. The number of carbonyl (C=O) groups is 1. The molecule has 0 atom stereocenters. The maximum Gasteiger partial charge on any atom is 0.255 e. The Balaban J connectivity index is 2.06. The lowest BCUT2D eigenvalue weighted by Gasteiger charge is -2.05. The number of benzene rings is 2. The molecule has 0 saturated carbocycles. The summed E-state index contributed by atoms with van der Waals surface area (Å²) >= 11 is 0. The van der Waals surface area contributed by atoms with Gasteiger partial charge in [-0.25, -0.2) is 0 Å². The van der Waals surface area contributed by atoms with Gasteiger partial charge in [0.1, 0.15) is 0 Å². The van der Waals surface area contributed by atoms with E-state index >= 15 is 0 Å². The molecule has 0 aliphatic carbocycles. The topological polar surface area (TPSA) is 78.9 Å². The van der Waals surface area contributed by atoms with Gasteiger partial charge in [-0.3, -0.25) is 4.79 Å². The second-order valence-corrected chi connectivity index (χ2v) is 4.23. The molecule has 4 nitrogen and oxygen atoms in total. The van der Waals surface area contributed by atoms with Crippen LogP contribution < -0.4 is 11.1 Å². The predicted octanol–water partition coefficient (Wildman–Crippen LogP) is 2.12. The molecule has 0 bridgehead atoms. The smallest absolute Gasteiger partial charge is 0.255 e. The van der Waals surface area contributed by atoms with Crippen molar-refractivity contribution in [3.63, 3.8) is 0 Å². The number of carbonyl (C=O) groups excluding carboxylic acids is 1. The van der Waals surface area contributed by atoms with E-state index in [0.29, 0.717) is 23.4 Å². The average Bonchev–Trinajstić information content (AvgIpc) is 2.54. The third kappa shape index (κ3) is 3.94. The van der Waals surface area contributed by atoms with Crippen molar-refractivity contribution in [3.8, 4) is 17.9 Å². The summed E-state index contributed by atoms with van der Waals surface area (Å²) in [5.74, 6) is 5.45. The number of nitrogens with one attached hydrogen (secondary N) is 1. The van der Waals surface area contributed by atoms with Crippen LogP contribution in [0.4, 0.5) is 5.69 Å². The van der Waals surface area contributed by atoms with E-state index in [2.05, 4.69) is 17.2 Å². The molecule has 0 radical (unpaired) electrons. The molecule has 0 aliphatic heterocycles.